The second-order valence-corrected chi connectivity index (χ2v) is 5.71. The molecule has 1 rings (SSSR count). The van der Waals surface area contributed by atoms with Crippen LogP contribution in [0.2, 0.25) is 0 Å². The Morgan fingerprint density at radius 2 is 2.06 bits per heavy atom. The molecule has 1 aromatic rings. The Hall–Kier alpha value is -1.47. The van der Waals surface area contributed by atoms with Gasteiger partial charge >= 0.3 is 0 Å². The summed E-state index contributed by atoms with van der Waals surface area (Å²) < 4.78 is 35.8. The minimum Gasteiger partial charge on any atom is -0.322 e. The zero-order chi connectivity index (χ0) is 13.2. The molecule has 17 heavy (non-hydrogen) atoms. The van der Waals surface area contributed by atoms with Gasteiger partial charge in [-0.25, -0.2) is 12.8 Å². The van der Waals surface area contributed by atoms with Crippen LogP contribution in [0.1, 0.15) is 6.92 Å². The summed E-state index contributed by atoms with van der Waals surface area (Å²) in [6.07, 6.45) is 0.997. The highest BCUT2D eigenvalue weighted by Crippen LogP contribution is 2.19. The molecule has 1 amide bonds. The van der Waals surface area contributed by atoms with E-state index in [1.165, 1.54) is 6.92 Å². The van der Waals surface area contributed by atoms with Gasteiger partial charge in [0.1, 0.15) is 5.82 Å². The van der Waals surface area contributed by atoms with Gasteiger partial charge in [0.05, 0.1) is 16.6 Å². The van der Waals surface area contributed by atoms with E-state index < -0.39 is 27.6 Å². The van der Waals surface area contributed by atoms with Gasteiger partial charge in [0.2, 0.25) is 5.91 Å². The SMILES string of the molecule is C[C@H](N)C(=O)Nc1cc(S(C)(=O)=O)ccc1F. The Kier molecular flexibility index (Phi) is 3.84. The van der Waals surface area contributed by atoms with Gasteiger partial charge in [0.15, 0.2) is 9.84 Å². The number of anilines is 1. The van der Waals surface area contributed by atoms with Gasteiger partial charge in [-0.3, -0.25) is 4.79 Å². The lowest BCUT2D eigenvalue weighted by Crippen LogP contribution is -2.32. The Labute approximate surface area is 98.7 Å². The topological polar surface area (TPSA) is 89.3 Å². The number of halogens is 1. The number of nitrogens with two attached hydrogens (primary N) is 1. The Balaban J connectivity index is 3.12. The molecular formula is C10H13FN2O3S. The van der Waals surface area contributed by atoms with Crippen LogP contribution < -0.4 is 11.1 Å². The number of benzene rings is 1. The predicted octanol–water partition coefficient (Wildman–Crippen LogP) is 0.515. The zero-order valence-corrected chi connectivity index (χ0v) is 10.2. The summed E-state index contributed by atoms with van der Waals surface area (Å²) in [4.78, 5) is 11.2. The Morgan fingerprint density at radius 3 is 2.53 bits per heavy atom. The normalized spacial score (nSPS) is 13.2. The molecule has 5 nitrogen and oxygen atoms in total. The first-order chi connectivity index (χ1) is 7.71. The quantitative estimate of drug-likeness (QED) is 0.775. The lowest BCUT2D eigenvalue weighted by atomic mass is 10.2. The minimum absolute atomic E-state index is 0.0705. The fraction of sp³-hybridized carbons (Fsp3) is 0.300. The summed E-state index contributed by atoms with van der Waals surface area (Å²) in [5, 5.41) is 2.22. The van der Waals surface area contributed by atoms with Crippen LogP contribution in [0.4, 0.5) is 10.1 Å². The zero-order valence-electron chi connectivity index (χ0n) is 9.40. The van der Waals surface area contributed by atoms with Crippen molar-refractivity contribution < 1.29 is 17.6 Å². The Bertz CT molecular complexity index is 540. The number of hydrogen-bond donors (Lipinski definition) is 2. The largest absolute Gasteiger partial charge is 0.322 e. The maximum Gasteiger partial charge on any atom is 0.241 e. The molecule has 1 aromatic carbocycles. The molecule has 0 radical (unpaired) electrons. The summed E-state index contributed by atoms with van der Waals surface area (Å²) in [6, 6.07) is 2.36. The molecule has 3 N–H and O–H groups in total. The number of carbonyl (C=O) groups excluding carboxylic acids is 1. The fourth-order valence-electron chi connectivity index (χ4n) is 1.08. The van der Waals surface area contributed by atoms with Gasteiger partial charge in [0, 0.05) is 6.26 Å². The van der Waals surface area contributed by atoms with Crippen molar-refractivity contribution in [3.63, 3.8) is 0 Å². The van der Waals surface area contributed by atoms with Crippen LogP contribution in [0.5, 0.6) is 0 Å². The summed E-state index contributed by atoms with van der Waals surface area (Å²) in [7, 11) is -3.45. The van der Waals surface area contributed by atoms with Crippen molar-refractivity contribution in [1.82, 2.24) is 0 Å². The molecule has 0 bridgehead atoms. The average Bonchev–Trinajstić information content (AvgIpc) is 2.19. The van der Waals surface area contributed by atoms with E-state index in [0.717, 1.165) is 24.5 Å². The van der Waals surface area contributed by atoms with Crippen molar-refractivity contribution in [2.45, 2.75) is 17.9 Å². The lowest BCUT2D eigenvalue weighted by molar-refractivity contribution is -0.117. The molecule has 0 heterocycles. The number of sulfone groups is 1. The molecule has 0 unspecified atom stereocenters. The van der Waals surface area contributed by atoms with Gasteiger partial charge in [-0.2, -0.15) is 0 Å². The summed E-state index contributed by atoms with van der Waals surface area (Å²) in [5.74, 6) is -1.30. The van der Waals surface area contributed by atoms with Crippen molar-refractivity contribution in [2.75, 3.05) is 11.6 Å². The number of rotatable bonds is 3. The van der Waals surface area contributed by atoms with Gasteiger partial charge in [-0.15, -0.1) is 0 Å². The molecular weight excluding hydrogens is 247 g/mol. The van der Waals surface area contributed by atoms with Crippen LogP contribution in [-0.4, -0.2) is 26.6 Å². The highest BCUT2D eigenvalue weighted by Gasteiger charge is 2.14. The van der Waals surface area contributed by atoms with Crippen LogP contribution in [-0.2, 0) is 14.6 Å². The fourth-order valence-corrected chi connectivity index (χ4v) is 1.72. The molecule has 0 aromatic heterocycles. The van der Waals surface area contributed by atoms with E-state index in [0.29, 0.717) is 0 Å². The number of hydrogen-bond acceptors (Lipinski definition) is 4. The first kappa shape index (κ1) is 13.6. The molecule has 7 heteroatoms. The summed E-state index contributed by atoms with van der Waals surface area (Å²) in [6.45, 7) is 1.44. The average molecular weight is 260 g/mol. The van der Waals surface area contributed by atoms with Gasteiger partial charge < -0.3 is 11.1 Å². The van der Waals surface area contributed by atoms with Crippen LogP contribution in [0.3, 0.4) is 0 Å². The maximum absolute atomic E-state index is 13.3. The van der Waals surface area contributed by atoms with Crippen LogP contribution >= 0.6 is 0 Å². The smallest absolute Gasteiger partial charge is 0.241 e. The number of carbonyl (C=O) groups is 1. The first-order valence-corrected chi connectivity index (χ1v) is 6.67. The van der Waals surface area contributed by atoms with Crippen molar-refractivity contribution in [3.05, 3.63) is 24.0 Å². The molecule has 0 fully saturated rings. The van der Waals surface area contributed by atoms with Crippen LogP contribution in [0.25, 0.3) is 0 Å². The molecule has 1 atom stereocenters. The van der Waals surface area contributed by atoms with Crippen LogP contribution in [0.15, 0.2) is 23.1 Å². The molecule has 0 spiro atoms. The minimum atomic E-state index is -3.45. The van der Waals surface area contributed by atoms with Crippen LogP contribution in [0, 0.1) is 5.82 Å². The van der Waals surface area contributed by atoms with Gasteiger partial charge in [-0.05, 0) is 25.1 Å². The Morgan fingerprint density at radius 1 is 1.47 bits per heavy atom. The van der Waals surface area contributed by atoms with Gasteiger partial charge in [-0.1, -0.05) is 0 Å². The molecule has 0 aliphatic carbocycles. The first-order valence-electron chi connectivity index (χ1n) is 4.78. The van der Waals surface area contributed by atoms with E-state index >= 15 is 0 Å². The van der Waals surface area contributed by atoms with E-state index in [1.54, 1.807) is 0 Å². The third-order valence-electron chi connectivity index (χ3n) is 2.04. The van der Waals surface area contributed by atoms with Crippen molar-refractivity contribution in [3.8, 4) is 0 Å². The second kappa shape index (κ2) is 4.80. The molecule has 0 aliphatic rings. The number of nitrogens with one attached hydrogen (secondary N) is 1. The van der Waals surface area contributed by atoms with Crippen molar-refractivity contribution in [2.24, 2.45) is 5.73 Å². The monoisotopic (exact) mass is 260 g/mol. The molecule has 0 saturated carbocycles. The molecule has 0 saturated heterocycles. The highest BCUT2D eigenvalue weighted by molar-refractivity contribution is 7.90. The van der Waals surface area contributed by atoms with E-state index in [-0.39, 0.29) is 10.6 Å². The summed E-state index contributed by atoms with van der Waals surface area (Å²) in [5.41, 5.74) is 5.11. The van der Waals surface area contributed by atoms with E-state index in [4.69, 9.17) is 5.73 Å². The number of amides is 1. The third kappa shape index (κ3) is 3.50. The predicted molar refractivity (Wildman–Crippen MR) is 61.8 cm³/mol. The van der Waals surface area contributed by atoms with E-state index in [9.17, 15) is 17.6 Å². The lowest BCUT2D eigenvalue weighted by Gasteiger charge is -2.09. The molecule has 94 valence electrons. The maximum atomic E-state index is 13.3. The third-order valence-corrected chi connectivity index (χ3v) is 3.15. The van der Waals surface area contributed by atoms with Crippen molar-refractivity contribution in [1.29, 1.82) is 0 Å². The second-order valence-electron chi connectivity index (χ2n) is 3.69. The highest BCUT2D eigenvalue weighted by atomic mass is 32.2. The van der Waals surface area contributed by atoms with Gasteiger partial charge in [0.25, 0.3) is 0 Å². The van der Waals surface area contributed by atoms with E-state index in [1.807, 2.05) is 0 Å². The standard InChI is InChI=1S/C10H13FN2O3S/c1-6(12)10(14)13-9-5-7(17(2,15)16)3-4-8(9)11/h3-6H,12H2,1-2H3,(H,13,14)/t6-/m0/s1. The summed E-state index contributed by atoms with van der Waals surface area (Å²) >= 11 is 0. The van der Waals surface area contributed by atoms with E-state index in [2.05, 4.69) is 5.32 Å². The molecule has 0 aliphatic heterocycles. The van der Waals surface area contributed by atoms with Crippen molar-refractivity contribution >= 4 is 21.4 Å².